The number of carbonyl (C=O) groups excluding carboxylic acids is 2. The highest BCUT2D eigenvalue weighted by Gasteiger charge is 2.33. The van der Waals surface area contributed by atoms with Crippen LogP contribution in [0.5, 0.6) is 5.75 Å². The molecule has 1 aliphatic heterocycles. The van der Waals surface area contributed by atoms with Gasteiger partial charge in [0.2, 0.25) is 5.91 Å². The summed E-state index contributed by atoms with van der Waals surface area (Å²) < 4.78 is 5.78. The average molecular weight is 416 g/mol. The van der Waals surface area contributed by atoms with Crippen LogP contribution in [0.15, 0.2) is 23.6 Å². The summed E-state index contributed by atoms with van der Waals surface area (Å²) >= 11 is 1.65. The van der Waals surface area contributed by atoms with E-state index in [-0.39, 0.29) is 18.4 Å². The zero-order valence-electron chi connectivity index (χ0n) is 17.6. The lowest BCUT2D eigenvalue weighted by atomic mass is 10.1. The molecule has 0 saturated heterocycles. The molecule has 3 rings (SSSR count). The number of thiazole rings is 1. The van der Waals surface area contributed by atoms with Crippen LogP contribution in [0, 0.1) is 0 Å². The Balaban J connectivity index is 1.88. The fourth-order valence-electron chi connectivity index (χ4n) is 3.28. The third-order valence-corrected chi connectivity index (χ3v) is 5.95. The molecule has 1 aromatic heterocycles. The van der Waals surface area contributed by atoms with Crippen LogP contribution in [0.1, 0.15) is 45.0 Å². The summed E-state index contributed by atoms with van der Waals surface area (Å²) in [6.45, 7) is 6.65. The number of nitrogens with zero attached hydrogens (tertiary/aromatic N) is 3. The number of fused-ring (bicyclic) bond motifs is 1. The SMILES string of the molecule is CCCCN(C)C(=O)CN1C(=O)C(C)Oc2ccc(-c3csc(CCC)n3)cc21. The average Bonchev–Trinajstić information content (AvgIpc) is 3.18. The van der Waals surface area contributed by atoms with E-state index in [9.17, 15) is 9.59 Å². The molecule has 0 radical (unpaired) electrons. The molecule has 156 valence electrons. The van der Waals surface area contributed by atoms with Crippen LogP contribution in [-0.2, 0) is 16.0 Å². The summed E-state index contributed by atoms with van der Waals surface area (Å²) in [6.07, 6.45) is 3.36. The smallest absolute Gasteiger partial charge is 0.268 e. The Hall–Kier alpha value is -2.41. The predicted octanol–water partition coefficient (Wildman–Crippen LogP) is 4.14. The van der Waals surface area contributed by atoms with E-state index in [1.807, 2.05) is 23.6 Å². The molecule has 2 aromatic rings. The largest absolute Gasteiger partial charge is 0.479 e. The minimum absolute atomic E-state index is 0.0152. The highest BCUT2D eigenvalue weighted by Crippen LogP contribution is 2.37. The fraction of sp³-hybridized carbons (Fsp3) is 0.500. The van der Waals surface area contributed by atoms with Gasteiger partial charge in [-0.3, -0.25) is 14.5 Å². The van der Waals surface area contributed by atoms with Gasteiger partial charge in [-0.25, -0.2) is 4.98 Å². The van der Waals surface area contributed by atoms with Crippen LogP contribution < -0.4 is 9.64 Å². The van der Waals surface area contributed by atoms with Gasteiger partial charge in [-0.05, 0) is 44.4 Å². The van der Waals surface area contributed by atoms with Gasteiger partial charge in [-0.2, -0.15) is 0 Å². The van der Waals surface area contributed by atoms with Crippen molar-refractivity contribution in [2.24, 2.45) is 0 Å². The molecule has 1 atom stereocenters. The normalized spacial score (nSPS) is 15.8. The summed E-state index contributed by atoms with van der Waals surface area (Å²) in [6, 6.07) is 5.73. The summed E-state index contributed by atoms with van der Waals surface area (Å²) in [5, 5.41) is 3.14. The first-order chi connectivity index (χ1) is 13.9. The van der Waals surface area contributed by atoms with Gasteiger partial charge >= 0.3 is 0 Å². The highest BCUT2D eigenvalue weighted by molar-refractivity contribution is 7.09. The van der Waals surface area contributed by atoms with Crippen molar-refractivity contribution in [1.82, 2.24) is 9.88 Å². The van der Waals surface area contributed by atoms with E-state index < -0.39 is 6.10 Å². The maximum absolute atomic E-state index is 12.8. The molecule has 0 spiro atoms. The second-order valence-corrected chi connectivity index (χ2v) is 8.35. The second kappa shape index (κ2) is 9.39. The van der Waals surface area contributed by atoms with E-state index in [0.29, 0.717) is 18.0 Å². The first-order valence-corrected chi connectivity index (χ1v) is 11.1. The molecule has 0 saturated carbocycles. The summed E-state index contributed by atoms with van der Waals surface area (Å²) in [5.74, 6) is 0.349. The van der Waals surface area contributed by atoms with Crippen LogP contribution in [0.4, 0.5) is 5.69 Å². The molecule has 0 bridgehead atoms. The van der Waals surface area contributed by atoms with Crippen molar-refractivity contribution >= 4 is 28.8 Å². The first kappa shape index (κ1) is 21.3. The number of rotatable bonds is 8. The van der Waals surface area contributed by atoms with Crippen molar-refractivity contribution in [3.8, 4) is 17.0 Å². The van der Waals surface area contributed by atoms with Crippen molar-refractivity contribution in [3.05, 3.63) is 28.6 Å². The molecule has 1 unspecified atom stereocenters. The second-order valence-electron chi connectivity index (χ2n) is 7.41. The Morgan fingerprint density at radius 2 is 2.10 bits per heavy atom. The monoisotopic (exact) mass is 415 g/mol. The molecule has 2 amide bonds. The topological polar surface area (TPSA) is 62.7 Å². The van der Waals surface area contributed by atoms with E-state index in [1.54, 1.807) is 35.1 Å². The highest BCUT2D eigenvalue weighted by atomic mass is 32.1. The Bertz CT molecular complexity index is 880. The number of likely N-dealkylation sites (N-methyl/N-ethyl adjacent to an activating group) is 1. The predicted molar refractivity (Wildman–Crippen MR) is 117 cm³/mol. The fourth-order valence-corrected chi connectivity index (χ4v) is 4.19. The molecule has 29 heavy (non-hydrogen) atoms. The van der Waals surface area contributed by atoms with Crippen LogP contribution >= 0.6 is 11.3 Å². The molecule has 0 N–H and O–H groups in total. The number of unbranched alkanes of at least 4 members (excludes halogenated alkanes) is 1. The molecule has 7 heteroatoms. The number of benzene rings is 1. The first-order valence-electron chi connectivity index (χ1n) is 10.2. The standard InChI is InChI=1S/C22H29N3O3S/c1-5-7-11-24(4)21(26)13-25-18-12-16(17-14-29-20(23-17)8-6-2)9-10-19(18)28-15(3)22(25)27/h9-10,12,14-15H,5-8,11,13H2,1-4H3. The maximum atomic E-state index is 12.8. The Labute approximate surface area is 176 Å². The van der Waals surface area contributed by atoms with Crippen molar-refractivity contribution in [2.45, 2.75) is 52.6 Å². The third-order valence-electron chi connectivity index (χ3n) is 5.04. The van der Waals surface area contributed by atoms with E-state index in [2.05, 4.69) is 13.8 Å². The van der Waals surface area contributed by atoms with E-state index in [0.717, 1.165) is 41.9 Å². The lowest BCUT2D eigenvalue weighted by Crippen LogP contribution is -2.49. The molecule has 1 aromatic carbocycles. The van der Waals surface area contributed by atoms with E-state index >= 15 is 0 Å². The number of aromatic nitrogens is 1. The van der Waals surface area contributed by atoms with E-state index in [1.165, 1.54) is 0 Å². The van der Waals surface area contributed by atoms with Gasteiger partial charge in [-0.1, -0.05) is 20.3 Å². The van der Waals surface area contributed by atoms with Gasteiger partial charge in [-0.15, -0.1) is 11.3 Å². The van der Waals surface area contributed by atoms with Crippen molar-refractivity contribution in [1.29, 1.82) is 0 Å². The van der Waals surface area contributed by atoms with Crippen molar-refractivity contribution in [3.63, 3.8) is 0 Å². The summed E-state index contributed by atoms with van der Waals surface area (Å²) in [4.78, 5) is 33.4. The van der Waals surface area contributed by atoms with Gasteiger partial charge in [0.1, 0.15) is 12.3 Å². The lowest BCUT2D eigenvalue weighted by Gasteiger charge is -2.33. The van der Waals surface area contributed by atoms with Gasteiger partial charge in [0, 0.05) is 24.5 Å². The number of carbonyl (C=O) groups is 2. The lowest BCUT2D eigenvalue weighted by molar-refractivity contribution is -0.132. The van der Waals surface area contributed by atoms with Crippen LogP contribution in [0.3, 0.4) is 0 Å². The number of amides is 2. The maximum Gasteiger partial charge on any atom is 0.268 e. The minimum Gasteiger partial charge on any atom is -0.479 e. The Morgan fingerprint density at radius 1 is 1.31 bits per heavy atom. The van der Waals surface area contributed by atoms with Gasteiger partial charge in [0.25, 0.3) is 5.91 Å². The minimum atomic E-state index is -0.613. The molecular weight excluding hydrogens is 386 g/mol. The molecule has 0 aliphatic carbocycles. The summed E-state index contributed by atoms with van der Waals surface area (Å²) in [7, 11) is 1.79. The zero-order valence-corrected chi connectivity index (χ0v) is 18.4. The Morgan fingerprint density at radius 3 is 2.83 bits per heavy atom. The molecular formula is C22H29N3O3S. The molecule has 0 fully saturated rings. The summed E-state index contributed by atoms with van der Waals surface area (Å²) in [5.41, 5.74) is 2.44. The quantitative estimate of drug-likeness (QED) is 0.650. The van der Waals surface area contributed by atoms with E-state index in [4.69, 9.17) is 9.72 Å². The third kappa shape index (κ3) is 4.78. The van der Waals surface area contributed by atoms with Crippen molar-refractivity contribution in [2.75, 3.05) is 25.0 Å². The number of hydrogen-bond donors (Lipinski definition) is 0. The van der Waals surface area contributed by atoms with Crippen LogP contribution in [-0.4, -0.2) is 47.9 Å². The van der Waals surface area contributed by atoms with Crippen molar-refractivity contribution < 1.29 is 14.3 Å². The van der Waals surface area contributed by atoms with Crippen LogP contribution in [0.25, 0.3) is 11.3 Å². The number of ether oxygens (including phenoxy) is 1. The zero-order chi connectivity index (χ0) is 21.0. The number of anilines is 1. The number of aryl methyl sites for hydroxylation is 1. The number of hydrogen-bond acceptors (Lipinski definition) is 5. The van der Waals surface area contributed by atoms with Crippen LogP contribution in [0.2, 0.25) is 0 Å². The Kier molecular flexibility index (Phi) is 6.90. The molecule has 6 nitrogen and oxygen atoms in total. The molecule has 2 heterocycles. The van der Waals surface area contributed by atoms with Gasteiger partial charge in [0.05, 0.1) is 16.4 Å². The molecule has 1 aliphatic rings. The van der Waals surface area contributed by atoms with Gasteiger partial charge in [0.15, 0.2) is 6.10 Å². The van der Waals surface area contributed by atoms with Gasteiger partial charge < -0.3 is 9.64 Å².